The van der Waals surface area contributed by atoms with Crippen molar-refractivity contribution < 1.29 is 13.3 Å². The Morgan fingerprint density at radius 2 is 2.17 bits per heavy atom. The third-order valence-electron chi connectivity index (χ3n) is 3.87. The fourth-order valence-electron chi connectivity index (χ4n) is 2.81. The van der Waals surface area contributed by atoms with Gasteiger partial charge in [0, 0.05) is 25.3 Å². The van der Waals surface area contributed by atoms with Crippen molar-refractivity contribution in [1.82, 2.24) is 15.5 Å². The second kappa shape index (κ2) is 4.57. The van der Waals surface area contributed by atoms with Crippen molar-refractivity contribution in [1.29, 1.82) is 0 Å². The van der Waals surface area contributed by atoms with Crippen molar-refractivity contribution in [2.24, 2.45) is 0 Å². The van der Waals surface area contributed by atoms with Gasteiger partial charge in [-0.25, -0.2) is 8.78 Å². The SMILES string of the molecule is FC1(F)CCC(c2noc(C3CCCNC3)n2)C1. The number of alkyl halides is 2. The fourth-order valence-corrected chi connectivity index (χ4v) is 2.81. The van der Waals surface area contributed by atoms with Gasteiger partial charge in [0.15, 0.2) is 5.82 Å². The summed E-state index contributed by atoms with van der Waals surface area (Å²) in [6.45, 7) is 1.86. The Morgan fingerprint density at radius 1 is 1.28 bits per heavy atom. The first-order valence-corrected chi connectivity index (χ1v) is 6.56. The van der Waals surface area contributed by atoms with Gasteiger partial charge in [-0.05, 0) is 25.8 Å². The Kier molecular flexibility index (Phi) is 3.05. The second-order valence-electron chi connectivity index (χ2n) is 5.33. The lowest BCUT2D eigenvalue weighted by atomic mass is 10.00. The lowest BCUT2D eigenvalue weighted by Gasteiger charge is -2.18. The zero-order valence-corrected chi connectivity index (χ0v) is 10.2. The smallest absolute Gasteiger partial charge is 0.248 e. The molecule has 0 bridgehead atoms. The molecule has 1 aromatic rings. The van der Waals surface area contributed by atoms with Gasteiger partial charge < -0.3 is 9.84 Å². The van der Waals surface area contributed by atoms with Crippen LogP contribution in [0.2, 0.25) is 0 Å². The normalized spacial score (nSPS) is 31.7. The fraction of sp³-hybridized carbons (Fsp3) is 0.833. The van der Waals surface area contributed by atoms with E-state index in [4.69, 9.17) is 4.52 Å². The van der Waals surface area contributed by atoms with E-state index in [9.17, 15) is 8.78 Å². The van der Waals surface area contributed by atoms with Crippen molar-refractivity contribution in [3.8, 4) is 0 Å². The molecule has 2 aliphatic rings. The molecule has 3 rings (SSSR count). The molecule has 1 saturated carbocycles. The molecule has 2 unspecified atom stereocenters. The molecule has 2 heterocycles. The Balaban J connectivity index is 1.69. The first-order chi connectivity index (χ1) is 8.64. The maximum Gasteiger partial charge on any atom is 0.248 e. The first kappa shape index (κ1) is 12.0. The van der Waals surface area contributed by atoms with Crippen LogP contribution in [0.25, 0.3) is 0 Å². The number of halogens is 2. The van der Waals surface area contributed by atoms with Crippen molar-refractivity contribution in [3.63, 3.8) is 0 Å². The molecule has 0 amide bonds. The molecular formula is C12H17F2N3O. The van der Waals surface area contributed by atoms with Gasteiger partial charge >= 0.3 is 0 Å². The van der Waals surface area contributed by atoms with Crippen LogP contribution >= 0.6 is 0 Å². The van der Waals surface area contributed by atoms with E-state index >= 15 is 0 Å². The molecule has 1 aliphatic heterocycles. The maximum absolute atomic E-state index is 13.1. The van der Waals surface area contributed by atoms with Crippen molar-refractivity contribution in [3.05, 3.63) is 11.7 Å². The van der Waals surface area contributed by atoms with Crippen LogP contribution in [0.4, 0.5) is 8.78 Å². The number of hydrogen-bond acceptors (Lipinski definition) is 4. The summed E-state index contributed by atoms with van der Waals surface area (Å²) in [5.41, 5.74) is 0. The van der Waals surface area contributed by atoms with E-state index in [1.54, 1.807) is 0 Å². The molecule has 1 N–H and O–H groups in total. The van der Waals surface area contributed by atoms with Crippen LogP contribution in [-0.4, -0.2) is 29.2 Å². The van der Waals surface area contributed by atoms with Crippen LogP contribution in [0.15, 0.2) is 4.52 Å². The van der Waals surface area contributed by atoms with Gasteiger partial charge in [0.1, 0.15) is 0 Å². The molecule has 18 heavy (non-hydrogen) atoms. The molecule has 1 saturated heterocycles. The summed E-state index contributed by atoms with van der Waals surface area (Å²) in [7, 11) is 0. The predicted molar refractivity (Wildman–Crippen MR) is 60.7 cm³/mol. The number of hydrogen-bond donors (Lipinski definition) is 1. The maximum atomic E-state index is 13.1. The van der Waals surface area contributed by atoms with E-state index in [0.29, 0.717) is 18.1 Å². The highest BCUT2D eigenvalue weighted by Gasteiger charge is 2.42. The number of piperidine rings is 1. The minimum atomic E-state index is -2.56. The molecule has 0 radical (unpaired) electrons. The summed E-state index contributed by atoms with van der Waals surface area (Å²) in [6.07, 6.45) is 2.36. The highest BCUT2D eigenvalue weighted by molar-refractivity contribution is 5.04. The van der Waals surface area contributed by atoms with Gasteiger partial charge in [-0.2, -0.15) is 4.98 Å². The molecule has 0 spiro atoms. The zero-order valence-electron chi connectivity index (χ0n) is 10.2. The Morgan fingerprint density at radius 3 is 2.83 bits per heavy atom. The van der Waals surface area contributed by atoms with E-state index in [1.807, 2.05) is 0 Å². The quantitative estimate of drug-likeness (QED) is 0.884. The minimum Gasteiger partial charge on any atom is -0.339 e. The van der Waals surface area contributed by atoms with Crippen LogP contribution in [-0.2, 0) is 0 Å². The molecule has 1 aliphatic carbocycles. The molecule has 1 aromatic heterocycles. The summed E-state index contributed by atoms with van der Waals surface area (Å²) >= 11 is 0. The summed E-state index contributed by atoms with van der Waals surface area (Å²) in [4.78, 5) is 4.33. The molecule has 2 atom stereocenters. The van der Waals surface area contributed by atoms with Gasteiger partial charge in [0.2, 0.25) is 11.8 Å². The minimum absolute atomic E-state index is 0.0630. The summed E-state index contributed by atoms with van der Waals surface area (Å²) in [5, 5.41) is 7.17. The number of aromatic nitrogens is 2. The monoisotopic (exact) mass is 257 g/mol. The molecule has 6 heteroatoms. The topological polar surface area (TPSA) is 51.0 Å². The Labute approximate surface area is 104 Å². The van der Waals surface area contributed by atoms with Gasteiger partial charge in [-0.1, -0.05) is 5.16 Å². The lowest BCUT2D eigenvalue weighted by Crippen LogP contribution is -2.28. The van der Waals surface area contributed by atoms with E-state index in [0.717, 1.165) is 25.9 Å². The summed E-state index contributed by atoms with van der Waals surface area (Å²) < 4.78 is 31.5. The molecular weight excluding hydrogens is 240 g/mol. The number of nitrogens with one attached hydrogen (secondary N) is 1. The third kappa shape index (κ3) is 2.39. The van der Waals surface area contributed by atoms with Gasteiger partial charge in [0.05, 0.1) is 5.92 Å². The molecule has 0 aromatic carbocycles. The van der Waals surface area contributed by atoms with Gasteiger partial charge in [0.25, 0.3) is 0 Å². The average molecular weight is 257 g/mol. The van der Waals surface area contributed by atoms with E-state index in [1.165, 1.54) is 0 Å². The van der Waals surface area contributed by atoms with Crippen molar-refractivity contribution in [2.75, 3.05) is 13.1 Å². The average Bonchev–Trinajstić information content (AvgIpc) is 2.96. The van der Waals surface area contributed by atoms with E-state index in [-0.39, 0.29) is 24.7 Å². The molecule has 100 valence electrons. The summed E-state index contributed by atoms with van der Waals surface area (Å²) in [5.74, 6) is -1.49. The van der Waals surface area contributed by atoms with Crippen LogP contribution < -0.4 is 5.32 Å². The largest absolute Gasteiger partial charge is 0.339 e. The van der Waals surface area contributed by atoms with Crippen LogP contribution in [0, 0.1) is 0 Å². The second-order valence-corrected chi connectivity index (χ2v) is 5.33. The third-order valence-corrected chi connectivity index (χ3v) is 3.87. The van der Waals surface area contributed by atoms with Crippen LogP contribution in [0.1, 0.15) is 55.7 Å². The van der Waals surface area contributed by atoms with Crippen molar-refractivity contribution >= 4 is 0 Å². The van der Waals surface area contributed by atoms with E-state index < -0.39 is 5.92 Å². The summed E-state index contributed by atoms with van der Waals surface area (Å²) in [6, 6.07) is 0. The standard InChI is InChI=1S/C12H17F2N3O/c13-12(14)4-3-8(6-12)10-16-11(18-17-10)9-2-1-5-15-7-9/h8-9,15H,1-7H2. The highest BCUT2D eigenvalue weighted by Crippen LogP contribution is 2.43. The molecule has 2 fully saturated rings. The van der Waals surface area contributed by atoms with Gasteiger partial charge in [-0.15, -0.1) is 0 Å². The Bertz CT molecular complexity index is 415. The first-order valence-electron chi connectivity index (χ1n) is 6.56. The lowest BCUT2D eigenvalue weighted by molar-refractivity contribution is 0.00750. The van der Waals surface area contributed by atoms with E-state index in [2.05, 4.69) is 15.5 Å². The van der Waals surface area contributed by atoms with Crippen molar-refractivity contribution in [2.45, 2.75) is 49.9 Å². The Hall–Kier alpha value is -1.04. The predicted octanol–water partition coefficient (Wildman–Crippen LogP) is 2.44. The van der Waals surface area contributed by atoms with Crippen LogP contribution in [0.3, 0.4) is 0 Å². The molecule has 4 nitrogen and oxygen atoms in total. The number of rotatable bonds is 2. The number of nitrogens with zero attached hydrogens (tertiary/aromatic N) is 2. The zero-order chi connectivity index (χ0) is 12.6. The van der Waals surface area contributed by atoms with Crippen LogP contribution in [0.5, 0.6) is 0 Å². The van der Waals surface area contributed by atoms with Gasteiger partial charge in [-0.3, -0.25) is 0 Å². The highest BCUT2D eigenvalue weighted by atomic mass is 19.3.